The molecule has 0 amide bonds. The molecule has 0 aromatic carbocycles. The molecule has 0 fully saturated rings. The summed E-state index contributed by atoms with van der Waals surface area (Å²) in [5.41, 5.74) is -0.645. The van der Waals surface area contributed by atoms with E-state index in [9.17, 15) is 5.11 Å². The number of hydrogen-bond acceptors (Lipinski definition) is 3. The van der Waals surface area contributed by atoms with Crippen LogP contribution < -0.4 is 0 Å². The molecule has 3 heteroatoms. The summed E-state index contributed by atoms with van der Waals surface area (Å²) in [4.78, 5) is 0. The van der Waals surface area contributed by atoms with Gasteiger partial charge >= 0.3 is 0 Å². The van der Waals surface area contributed by atoms with Crippen molar-refractivity contribution in [2.45, 2.75) is 44.5 Å². The molecule has 1 unspecified atom stereocenters. The van der Waals surface area contributed by atoms with Crippen LogP contribution in [0.2, 0.25) is 0 Å². The summed E-state index contributed by atoms with van der Waals surface area (Å²) in [6, 6.07) is 0. The summed E-state index contributed by atoms with van der Waals surface area (Å²) >= 11 is 0. The average Bonchev–Trinajstić information content (AvgIpc) is 2.12. The van der Waals surface area contributed by atoms with Gasteiger partial charge in [0, 0.05) is 14.2 Å². The lowest BCUT2D eigenvalue weighted by Crippen LogP contribution is -2.24. The molecule has 0 saturated carbocycles. The first-order valence-corrected chi connectivity index (χ1v) is 4.94. The van der Waals surface area contributed by atoms with E-state index in [1.807, 2.05) is 6.92 Å². The minimum atomic E-state index is -0.645. The Morgan fingerprint density at radius 2 is 2.00 bits per heavy atom. The zero-order chi connectivity index (χ0) is 11.0. The lowest BCUT2D eigenvalue weighted by Gasteiger charge is -2.22. The molecule has 0 aromatic heterocycles. The molecule has 0 heterocycles. The highest BCUT2D eigenvalue weighted by molar-refractivity contribution is 4.82. The smallest absolute Gasteiger partial charge is 0.156 e. The van der Waals surface area contributed by atoms with Gasteiger partial charge in [-0.3, -0.25) is 0 Å². The molecule has 0 aromatic rings. The third kappa shape index (κ3) is 6.13. The Balaban J connectivity index is 3.65. The maximum atomic E-state index is 9.82. The van der Waals surface area contributed by atoms with Crippen molar-refractivity contribution in [3.63, 3.8) is 0 Å². The van der Waals surface area contributed by atoms with Gasteiger partial charge in [-0.2, -0.15) is 0 Å². The van der Waals surface area contributed by atoms with Crippen LogP contribution in [0.3, 0.4) is 0 Å². The Kier molecular flexibility index (Phi) is 6.79. The summed E-state index contributed by atoms with van der Waals surface area (Å²) in [7, 11) is 3.24. The molecule has 1 N–H and O–H groups in total. The van der Waals surface area contributed by atoms with Gasteiger partial charge in [0.05, 0.1) is 5.60 Å². The van der Waals surface area contributed by atoms with Gasteiger partial charge in [0.25, 0.3) is 0 Å². The van der Waals surface area contributed by atoms with Crippen molar-refractivity contribution in [2.75, 3.05) is 14.2 Å². The maximum Gasteiger partial charge on any atom is 0.156 e. The van der Waals surface area contributed by atoms with Crippen molar-refractivity contribution in [1.82, 2.24) is 0 Å². The molecule has 0 spiro atoms. The SMILES string of the molecule is C=CCC(C)(O)CCCC(OC)OC. The number of ether oxygens (including phenoxy) is 2. The van der Waals surface area contributed by atoms with Crippen LogP contribution in [0.1, 0.15) is 32.6 Å². The summed E-state index contributed by atoms with van der Waals surface area (Å²) in [6.45, 7) is 5.43. The van der Waals surface area contributed by atoms with Crippen LogP contribution in [-0.2, 0) is 9.47 Å². The number of rotatable bonds is 8. The highest BCUT2D eigenvalue weighted by Crippen LogP contribution is 2.19. The van der Waals surface area contributed by atoms with E-state index in [4.69, 9.17) is 9.47 Å². The lowest BCUT2D eigenvalue weighted by atomic mass is 9.95. The molecule has 0 aliphatic rings. The third-order valence-electron chi connectivity index (χ3n) is 2.27. The molecular weight excluding hydrogens is 180 g/mol. The first-order chi connectivity index (χ1) is 6.55. The molecule has 84 valence electrons. The monoisotopic (exact) mass is 202 g/mol. The van der Waals surface area contributed by atoms with Crippen molar-refractivity contribution in [1.29, 1.82) is 0 Å². The lowest BCUT2D eigenvalue weighted by molar-refractivity contribution is -0.109. The van der Waals surface area contributed by atoms with Gasteiger partial charge in [0.15, 0.2) is 6.29 Å². The second kappa shape index (κ2) is 6.98. The van der Waals surface area contributed by atoms with Gasteiger partial charge in [0.2, 0.25) is 0 Å². The summed E-state index contributed by atoms with van der Waals surface area (Å²) < 4.78 is 10.1. The normalized spacial score (nSPS) is 15.5. The van der Waals surface area contributed by atoms with E-state index in [0.717, 1.165) is 19.3 Å². The Labute approximate surface area is 86.7 Å². The van der Waals surface area contributed by atoms with E-state index < -0.39 is 5.60 Å². The first kappa shape index (κ1) is 13.6. The van der Waals surface area contributed by atoms with Crippen LogP contribution in [0.25, 0.3) is 0 Å². The van der Waals surface area contributed by atoms with Gasteiger partial charge in [-0.25, -0.2) is 0 Å². The molecule has 0 rings (SSSR count). The predicted octanol–water partition coefficient (Wildman–Crippen LogP) is 2.10. The minimum Gasteiger partial charge on any atom is -0.390 e. The fraction of sp³-hybridized carbons (Fsp3) is 0.818. The molecule has 1 atom stereocenters. The van der Waals surface area contributed by atoms with Crippen molar-refractivity contribution in [3.05, 3.63) is 12.7 Å². The highest BCUT2D eigenvalue weighted by atomic mass is 16.7. The summed E-state index contributed by atoms with van der Waals surface area (Å²) in [5.74, 6) is 0. The summed E-state index contributed by atoms with van der Waals surface area (Å²) in [5, 5.41) is 9.82. The van der Waals surface area contributed by atoms with Crippen LogP contribution in [0, 0.1) is 0 Å². The Morgan fingerprint density at radius 1 is 1.43 bits per heavy atom. The first-order valence-electron chi connectivity index (χ1n) is 4.94. The molecule has 0 saturated heterocycles. The second-order valence-corrected chi connectivity index (χ2v) is 3.78. The third-order valence-corrected chi connectivity index (χ3v) is 2.27. The quantitative estimate of drug-likeness (QED) is 0.484. The number of methoxy groups -OCH3 is 2. The molecule has 3 nitrogen and oxygen atoms in total. The molecule has 0 aliphatic heterocycles. The van der Waals surface area contributed by atoms with Crippen LogP contribution in [0.4, 0.5) is 0 Å². The largest absolute Gasteiger partial charge is 0.390 e. The van der Waals surface area contributed by atoms with Gasteiger partial charge in [-0.05, 0) is 32.6 Å². The second-order valence-electron chi connectivity index (χ2n) is 3.78. The molecular formula is C11H22O3. The molecule has 14 heavy (non-hydrogen) atoms. The van der Waals surface area contributed by atoms with E-state index in [1.165, 1.54) is 0 Å². The Morgan fingerprint density at radius 3 is 2.43 bits per heavy atom. The Bertz CT molecular complexity index is 151. The van der Waals surface area contributed by atoms with Crippen LogP contribution in [-0.4, -0.2) is 31.2 Å². The fourth-order valence-corrected chi connectivity index (χ4v) is 1.39. The van der Waals surface area contributed by atoms with E-state index in [-0.39, 0.29) is 6.29 Å². The van der Waals surface area contributed by atoms with E-state index in [2.05, 4.69) is 6.58 Å². The van der Waals surface area contributed by atoms with E-state index >= 15 is 0 Å². The average molecular weight is 202 g/mol. The van der Waals surface area contributed by atoms with Crippen LogP contribution in [0.5, 0.6) is 0 Å². The van der Waals surface area contributed by atoms with Crippen molar-refractivity contribution in [3.8, 4) is 0 Å². The Hall–Kier alpha value is -0.380. The highest BCUT2D eigenvalue weighted by Gasteiger charge is 2.18. The van der Waals surface area contributed by atoms with Crippen molar-refractivity contribution in [2.24, 2.45) is 0 Å². The van der Waals surface area contributed by atoms with Crippen molar-refractivity contribution < 1.29 is 14.6 Å². The molecule has 0 bridgehead atoms. The predicted molar refractivity (Wildman–Crippen MR) is 57.1 cm³/mol. The molecule has 0 aliphatic carbocycles. The van der Waals surface area contributed by atoms with Crippen LogP contribution in [0.15, 0.2) is 12.7 Å². The standard InChI is InChI=1S/C11H22O3/c1-5-8-11(2,12)9-6-7-10(13-3)14-4/h5,10,12H,1,6-9H2,2-4H3. The van der Waals surface area contributed by atoms with Gasteiger partial charge in [-0.1, -0.05) is 6.08 Å². The number of hydrogen-bond donors (Lipinski definition) is 1. The zero-order valence-electron chi connectivity index (χ0n) is 9.45. The van der Waals surface area contributed by atoms with Gasteiger partial charge in [-0.15, -0.1) is 6.58 Å². The zero-order valence-corrected chi connectivity index (χ0v) is 9.45. The van der Waals surface area contributed by atoms with Gasteiger partial charge < -0.3 is 14.6 Å². The van der Waals surface area contributed by atoms with Crippen molar-refractivity contribution >= 4 is 0 Å². The maximum absolute atomic E-state index is 9.82. The number of aliphatic hydroxyl groups is 1. The fourth-order valence-electron chi connectivity index (χ4n) is 1.39. The van der Waals surface area contributed by atoms with Gasteiger partial charge in [0.1, 0.15) is 0 Å². The summed E-state index contributed by atoms with van der Waals surface area (Å²) in [6.07, 6.45) is 4.63. The topological polar surface area (TPSA) is 38.7 Å². The van der Waals surface area contributed by atoms with Crippen LogP contribution >= 0.6 is 0 Å². The van der Waals surface area contributed by atoms with E-state index in [1.54, 1.807) is 20.3 Å². The van der Waals surface area contributed by atoms with E-state index in [0.29, 0.717) is 6.42 Å². The molecule has 0 radical (unpaired) electrons. The minimum absolute atomic E-state index is 0.158.